The van der Waals surface area contributed by atoms with Crippen molar-refractivity contribution in [2.75, 3.05) is 11.5 Å². The zero-order chi connectivity index (χ0) is 42.5. The summed E-state index contributed by atoms with van der Waals surface area (Å²) in [4.78, 5) is -3.27. The summed E-state index contributed by atoms with van der Waals surface area (Å²) < 4.78 is 133. The first kappa shape index (κ1) is 55.6. The molecule has 10 N–H and O–H groups in total. The average Bonchev–Trinajstić information content (AvgIpc) is 3.12. The summed E-state index contributed by atoms with van der Waals surface area (Å²) in [6.07, 6.45) is 0. The van der Waals surface area contributed by atoms with Gasteiger partial charge in [0.25, 0.3) is 40.5 Å². The molecule has 304 valence electrons. The zero-order valence-corrected chi connectivity index (χ0v) is 43.8. The first-order valence-corrected chi connectivity index (χ1v) is 21.2. The van der Waals surface area contributed by atoms with Crippen molar-refractivity contribution in [3.63, 3.8) is 0 Å². The number of phenolic OH excluding ortho intramolecular Hbond substituents is 2. The number of phenols is 2. The molecule has 0 unspecified atom stereocenters. The molecule has 6 rings (SSSR count). The molecule has 62 heavy (non-hydrogen) atoms. The minimum Gasteiger partial charge on any atom is -0.505 e. The van der Waals surface area contributed by atoms with E-state index < -0.39 is 82.9 Å². The Balaban J connectivity index is 0.00000331. The molecule has 6 aromatic carbocycles. The molecule has 30 heteroatoms. The van der Waals surface area contributed by atoms with Gasteiger partial charge in [-0.25, -0.2) is 0 Å². The van der Waals surface area contributed by atoms with Crippen molar-refractivity contribution in [1.29, 1.82) is 0 Å². The van der Waals surface area contributed by atoms with Crippen LogP contribution in [0.5, 0.6) is 11.5 Å². The molecule has 0 saturated heterocycles. The third-order valence-corrected chi connectivity index (χ3v) is 11.4. The zero-order valence-electron chi connectivity index (χ0n) is 32.5. The maximum Gasteiger partial charge on any atom is 0.296 e. The summed E-state index contributed by atoms with van der Waals surface area (Å²) in [5.74, 6) is -1.71. The summed E-state index contributed by atoms with van der Waals surface area (Å²) in [6.45, 7) is 0. The van der Waals surface area contributed by atoms with Gasteiger partial charge in [-0.05, 0) is 95.7 Å². The van der Waals surface area contributed by atoms with Crippen LogP contribution in [0.15, 0.2) is 135 Å². The van der Waals surface area contributed by atoms with Gasteiger partial charge in [0.15, 0.2) is 11.5 Å². The monoisotopic (exact) mass is 964 g/mol. The minimum absolute atomic E-state index is 0. The van der Waals surface area contributed by atoms with Crippen LogP contribution in [-0.2, 0) is 40.5 Å². The molecule has 6 aromatic rings. The second-order valence-electron chi connectivity index (χ2n) is 11.9. The van der Waals surface area contributed by atoms with Crippen molar-refractivity contribution in [3.8, 4) is 11.5 Å². The Kier molecular flexibility index (Phi) is 19.0. The van der Waals surface area contributed by atoms with Crippen LogP contribution in [-0.4, -0.2) is 180 Å². The smallest absolute Gasteiger partial charge is 0.296 e. The fourth-order valence-corrected chi connectivity index (χ4v) is 7.79. The van der Waals surface area contributed by atoms with E-state index in [0.29, 0.717) is 11.4 Å². The molecule has 4 radical (unpaired) electrons. The first-order chi connectivity index (χ1) is 26.9. The minimum atomic E-state index is -5.07. The summed E-state index contributed by atoms with van der Waals surface area (Å²) in [5, 5.41) is 44.2. The van der Waals surface area contributed by atoms with Gasteiger partial charge < -0.3 is 21.7 Å². The van der Waals surface area contributed by atoms with Crippen LogP contribution in [0.2, 0.25) is 0 Å². The molecule has 0 heterocycles. The normalized spacial score (nSPS) is 12.3. The van der Waals surface area contributed by atoms with Gasteiger partial charge in [-0.15, -0.1) is 10.2 Å². The number of azo groups is 3. The van der Waals surface area contributed by atoms with Gasteiger partial charge in [0.05, 0.1) is 32.5 Å². The number of anilines is 2. The number of fused-ring (bicyclic) bond motifs is 2. The molecule has 0 aromatic heterocycles. The summed E-state index contributed by atoms with van der Waals surface area (Å²) in [5.41, 5.74) is 10.4. The van der Waals surface area contributed by atoms with E-state index in [2.05, 4.69) is 30.7 Å². The van der Waals surface area contributed by atoms with Gasteiger partial charge in [0, 0.05) is 140 Å². The molecule has 0 bridgehead atoms. The number of benzene rings is 6. The van der Waals surface area contributed by atoms with Crippen molar-refractivity contribution < 1.29 is 62.1 Å². The van der Waals surface area contributed by atoms with Gasteiger partial charge in [-0.3, -0.25) is 18.2 Å². The van der Waals surface area contributed by atoms with Crippen molar-refractivity contribution in [2.45, 2.75) is 19.6 Å². The van der Waals surface area contributed by atoms with Crippen LogP contribution in [0.3, 0.4) is 0 Å². The van der Waals surface area contributed by atoms with E-state index in [4.69, 9.17) is 11.5 Å². The predicted octanol–water partition coefficient (Wildman–Crippen LogP) is 5.28. The first-order valence-electron chi connectivity index (χ1n) is 15.5. The number of nitrogens with two attached hydrogens (primary N) is 2. The third-order valence-electron chi connectivity index (χ3n) is 7.97. The van der Waals surface area contributed by atoms with Gasteiger partial charge in [0.2, 0.25) is 0 Å². The topological polar surface area (TPSA) is 384 Å². The Hall–Kier alpha value is -2.52. The number of nitrogen functional groups attached to an aromatic ring is 2. The third kappa shape index (κ3) is 12.6. The van der Waals surface area contributed by atoms with E-state index in [1.807, 2.05) is 0 Å². The number of nitrogens with zero attached hydrogens (tertiary/aromatic N) is 6. The van der Waals surface area contributed by atoms with E-state index in [9.17, 15) is 62.1 Å². The SMILES string of the molecule is Nc1cc(S(=O)(=O)O)cc2cc(S(=O)(=O)O)c(N=Nc3ccc(N=Nc4ccc(N=Nc5c(S(=O)(=O)O)cc6cc(S(=O)(=O)O)cc(N)c6c5O)cc4)cc3)c(O)c12.[Na].[Na].[Na].[Na]. The van der Waals surface area contributed by atoms with Crippen LogP contribution >= 0.6 is 0 Å². The summed E-state index contributed by atoms with van der Waals surface area (Å²) in [7, 11) is -19.7. The maximum atomic E-state index is 12.2. The molecule has 0 fully saturated rings. The fourth-order valence-electron chi connectivity index (χ4n) is 5.37. The molecule has 0 saturated carbocycles. The van der Waals surface area contributed by atoms with E-state index in [0.717, 1.165) is 36.4 Å². The van der Waals surface area contributed by atoms with Gasteiger partial charge >= 0.3 is 0 Å². The maximum absolute atomic E-state index is 12.2. The molecule has 22 nitrogen and oxygen atoms in total. The Labute approximate surface area is 440 Å². The Morgan fingerprint density at radius 1 is 0.387 bits per heavy atom. The van der Waals surface area contributed by atoms with Crippen LogP contribution in [0, 0.1) is 0 Å². The van der Waals surface area contributed by atoms with E-state index in [1.165, 1.54) is 48.5 Å². The molecule has 0 spiro atoms. The van der Waals surface area contributed by atoms with Crippen LogP contribution in [0.4, 0.5) is 45.5 Å². The molecular weight excluding hydrogens is 941 g/mol. The van der Waals surface area contributed by atoms with Crippen molar-refractivity contribution in [1.82, 2.24) is 0 Å². The average molecular weight is 965 g/mol. The quantitative estimate of drug-likeness (QED) is 0.0375. The molecular formula is C32H24N8Na4O14S4. The van der Waals surface area contributed by atoms with Gasteiger partial charge in [-0.1, -0.05) is 0 Å². The largest absolute Gasteiger partial charge is 0.505 e. The number of aromatic hydroxyl groups is 2. The standard InChI is InChI=1S/C32H24N8O14S4.4Na/c33-23-13-21(55(43,44)45)9-15-11-25(57(49,50)51)29(31(41)27(15)23)39-37-19-5-1-17(2-6-19)35-36-18-3-7-20(8-4-18)38-40-30-26(58(52,53)54)12-16-10-22(56(46,47)48)14-24(34)28(16)32(30)42;;;;/h1-14,41-42H,33-34H2,(H,43,44,45)(H,46,47,48)(H,49,50,51)(H,52,53,54);;;;. The fraction of sp³-hybridized carbons (Fsp3) is 0. The van der Waals surface area contributed by atoms with Crippen molar-refractivity contribution in [2.24, 2.45) is 30.7 Å². The predicted molar refractivity (Wildman–Crippen MR) is 228 cm³/mol. The molecule has 0 aliphatic carbocycles. The van der Waals surface area contributed by atoms with Crippen molar-refractivity contribution in [3.05, 3.63) is 84.9 Å². The van der Waals surface area contributed by atoms with Crippen molar-refractivity contribution >= 4 is 226 Å². The molecule has 0 atom stereocenters. The van der Waals surface area contributed by atoms with Crippen LogP contribution in [0.25, 0.3) is 21.5 Å². The number of hydrogen-bond acceptors (Lipinski definition) is 18. The Morgan fingerprint density at radius 2 is 0.645 bits per heavy atom. The van der Waals surface area contributed by atoms with Crippen LogP contribution in [0.1, 0.15) is 0 Å². The van der Waals surface area contributed by atoms with Gasteiger partial charge in [-0.2, -0.15) is 54.1 Å². The Morgan fingerprint density at radius 3 is 0.887 bits per heavy atom. The second-order valence-corrected chi connectivity index (χ2v) is 17.5. The summed E-state index contributed by atoms with van der Waals surface area (Å²) >= 11 is 0. The van der Waals surface area contributed by atoms with Crippen LogP contribution < -0.4 is 11.5 Å². The number of hydrogen-bond donors (Lipinski definition) is 8. The molecule has 0 aliphatic rings. The Bertz CT molecular complexity index is 3050. The van der Waals surface area contributed by atoms with E-state index >= 15 is 0 Å². The van der Waals surface area contributed by atoms with E-state index in [1.54, 1.807) is 0 Å². The number of rotatable bonds is 10. The summed E-state index contributed by atoms with van der Waals surface area (Å²) in [6, 6.07) is 16.3. The van der Waals surface area contributed by atoms with Gasteiger partial charge in [0.1, 0.15) is 21.2 Å². The second kappa shape index (κ2) is 21.2. The van der Waals surface area contributed by atoms with E-state index in [-0.39, 0.29) is 163 Å². The molecule has 0 amide bonds. The molecule has 0 aliphatic heterocycles.